The number of anilines is 1. The normalized spacial score (nSPS) is 17.9. The number of alkyl halides is 3. The van der Waals surface area contributed by atoms with Crippen LogP contribution < -0.4 is 9.64 Å². The highest BCUT2D eigenvalue weighted by Gasteiger charge is 2.47. The maximum absolute atomic E-state index is 13.3. The predicted molar refractivity (Wildman–Crippen MR) is 116 cm³/mol. The number of aliphatic hydroxyl groups is 1. The number of hydrogen-bond donors (Lipinski definition) is 1. The standard InChI is InChI=1S/C25H18F3NO4/c1-33-19-12-10-16(11-13-19)22(30)20-21(15-6-3-2-4-7-15)29(24(32)23(20)31)18-9-5-8-17(14-18)25(26,27)28/h2-14,21,30H,1H3/b22-20-. The van der Waals surface area contributed by atoms with Crippen LogP contribution in [-0.2, 0) is 15.8 Å². The first-order valence-corrected chi connectivity index (χ1v) is 9.90. The van der Waals surface area contributed by atoms with Crippen molar-refractivity contribution >= 4 is 23.1 Å². The maximum atomic E-state index is 13.3. The number of carbonyl (C=O) groups is 2. The summed E-state index contributed by atoms with van der Waals surface area (Å²) in [7, 11) is 1.48. The fourth-order valence-corrected chi connectivity index (χ4v) is 3.79. The molecule has 3 aromatic rings. The lowest BCUT2D eigenvalue weighted by molar-refractivity contribution is -0.137. The molecule has 1 unspecified atom stereocenters. The summed E-state index contributed by atoms with van der Waals surface area (Å²) in [4.78, 5) is 27.1. The highest BCUT2D eigenvalue weighted by molar-refractivity contribution is 6.51. The van der Waals surface area contributed by atoms with Gasteiger partial charge in [0.15, 0.2) is 0 Å². The quantitative estimate of drug-likeness (QED) is 0.329. The number of methoxy groups -OCH3 is 1. The minimum Gasteiger partial charge on any atom is -0.507 e. The average molecular weight is 453 g/mol. The van der Waals surface area contributed by atoms with Gasteiger partial charge in [0, 0.05) is 11.3 Å². The fourth-order valence-electron chi connectivity index (χ4n) is 3.79. The van der Waals surface area contributed by atoms with Gasteiger partial charge in [-0.15, -0.1) is 0 Å². The summed E-state index contributed by atoms with van der Waals surface area (Å²) in [6, 6.07) is 17.6. The van der Waals surface area contributed by atoms with Gasteiger partial charge in [-0.1, -0.05) is 36.4 Å². The van der Waals surface area contributed by atoms with Crippen LogP contribution in [0.1, 0.15) is 22.7 Å². The number of halogens is 3. The molecular formula is C25H18F3NO4. The smallest absolute Gasteiger partial charge is 0.416 e. The summed E-state index contributed by atoms with van der Waals surface area (Å²) in [6.45, 7) is 0. The van der Waals surface area contributed by atoms with Gasteiger partial charge in [-0.05, 0) is 48.0 Å². The van der Waals surface area contributed by atoms with Crippen LogP contribution in [0.25, 0.3) is 5.76 Å². The van der Waals surface area contributed by atoms with Crippen LogP contribution >= 0.6 is 0 Å². The van der Waals surface area contributed by atoms with Gasteiger partial charge in [0.05, 0.1) is 24.3 Å². The van der Waals surface area contributed by atoms with Crippen molar-refractivity contribution in [2.75, 3.05) is 12.0 Å². The van der Waals surface area contributed by atoms with E-state index in [-0.39, 0.29) is 16.8 Å². The summed E-state index contributed by atoms with van der Waals surface area (Å²) >= 11 is 0. The molecule has 1 atom stereocenters. The van der Waals surface area contributed by atoms with Gasteiger partial charge < -0.3 is 9.84 Å². The molecule has 5 nitrogen and oxygen atoms in total. The number of Topliss-reactive ketones (excluding diaryl/α,β-unsaturated/α-hetero) is 1. The number of ketones is 1. The van der Waals surface area contributed by atoms with Gasteiger partial charge in [-0.3, -0.25) is 14.5 Å². The Bertz CT molecular complexity index is 1230. The highest BCUT2D eigenvalue weighted by Crippen LogP contribution is 2.43. The van der Waals surface area contributed by atoms with E-state index in [1.54, 1.807) is 42.5 Å². The zero-order chi connectivity index (χ0) is 23.8. The molecule has 1 aliphatic heterocycles. The maximum Gasteiger partial charge on any atom is 0.416 e. The average Bonchev–Trinajstić information content (AvgIpc) is 3.09. The van der Waals surface area contributed by atoms with Crippen LogP contribution in [0, 0.1) is 0 Å². The van der Waals surface area contributed by atoms with Gasteiger partial charge in [0.2, 0.25) is 0 Å². The van der Waals surface area contributed by atoms with Crippen molar-refractivity contribution in [3.05, 3.63) is 101 Å². The second-order valence-corrected chi connectivity index (χ2v) is 7.36. The Hall–Kier alpha value is -4.07. The zero-order valence-corrected chi connectivity index (χ0v) is 17.3. The Kier molecular flexibility index (Phi) is 5.68. The number of rotatable bonds is 4. The van der Waals surface area contributed by atoms with E-state index in [0.29, 0.717) is 11.3 Å². The van der Waals surface area contributed by atoms with Crippen LogP contribution in [0.2, 0.25) is 0 Å². The van der Waals surface area contributed by atoms with Gasteiger partial charge in [-0.2, -0.15) is 13.2 Å². The summed E-state index contributed by atoms with van der Waals surface area (Å²) in [5.74, 6) is -1.93. The van der Waals surface area contributed by atoms with E-state index in [0.717, 1.165) is 17.0 Å². The summed E-state index contributed by atoms with van der Waals surface area (Å²) in [6.07, 6.45) is -4.63. The number of ether oxygens (including phenoxy) is 1. The molecule has 0 aromatic heterocycles. The number of amides is 1. The molecule has 0 spiro atoms. The van der Waals surface area contributed by atoms with Gasteiger partial charge in [-0.25, -0.2) is 0 Å². The first kappa shape index (κ1) is 22.1. The third-order valence-electron chi connectivity index (χ3n) is 5.37. The molecule has 1 heterocycles. The summed E-state index contributed by atoms with van der Waals surface area (Å²) < 4.78 is 45.0. The molecule has 3 aromatic carbocycles. The van der Waals surface area contributed by atoms with E-state index >= 15 is 0 Å². The molecule has 33 heavy (non-hydrogen) atoms. The molecule has 4 rings (SSSR count). The Balaban J connectivity index is 1.91. The molecule has 168 valence electrons. The lowest BCUT2D eigenvalue weighted by atomic mass is 9.95. The van der Waals surface area contributed by atoms with Gasteiger partial charge >= 0.3 is 6.18 Å². The molecule has 0 aliphatic carbocycles. The van der Waals surface area contributed by atoms with Crippen LogP contribution in [-0.4, -0.2) is 23.9 Å². The Morgan fingerprint density at radius 1 is 0.939 bits per heavy atom. The van der Waals surface area contributed by atoms with Crippen molar-refractivity contribution < 1.29 is 32.6 Å². The molecule has 1 N–H and O–H groups in total. The molecule has 1 aliphatic rings. The highest BCUT2D eigenvalue weighted by atomic mass is 19.4. The second kappa shape index (κ2) is 8.46. The van der Waals surface area contributed by atoms with E-state index in [2.05, 4.69) is 0 Å². The Morgan fingerprint density at radius 3 is 2.21 bits per heavy atom. The number of nitrogens with zero attached hydrogens (tertiary/aromatic N) is 1. The lowest BCUT2D eigenvalue weighted by Gasteiger charge is -2.26. The molecule has 1 saturated heterocycles. The van der Waals surface area contributed by atoms with E-state index in [9.17, 15) is 27.9 Å². The van der Waals surface area contributed by atoms with Gasteiger partial charge in [0.25, 0.3) is 11.7 Å². The zero-order valence-electron chi connectivity index (χ0n) is 17.3. The number of benzene rings is 3. The SMILES string of the molecule is COc1ccc(/C(O)=C2/C(=O)C(=O)N(c3cccc(C(F)(F)F)c3)C2c2ccccc2)cc1. The number of aliphatic hydroxyl groups excluding tert-OH is 1. The van der Waals surface area contributed by atoms with Crippen molar-refractivity contribution in [1.82, 2.24) is 0 Å². The molecular weight excluding hydrogens is 435 g/mol. The molecule has 0 bridgehead atoms. The monoisotopic (exact) mass is 453 g/mol. The molecule has 0 saturated carbocycles. The van der Waals surface area contributed by atoms with E-state index < -0.39 is 35.2 Å². The van der Waals surface area contributed by atoms with Crippen molar-refractivity contribution in [3.8, 4) is 5.75 Å². The third kappa shape index (κ3) is 4.07. The lowest BCUT2D eigenvalue weighted by Crippen LogP contribution is -2.29. The van der Waals surface area contributed by atoms with Crippen molar-refractivity contribution in [3.63, 3.8) is 0 Å². The van der Waals surface area contributed by atoms with Crippen LogP contribution in [0.15, 0.2) is 84.4 Å². The first-order chi connectivity index (χ1) is 15.7. The summed E-state index contributed by atoms with van der Waals surface area (Å²) in [5, 5.41) is 11.0. The first-order valence-electron chi connectivity index (χ1n) is 9.90. The topological polar surface area (TPSA) is 66.8 Å². The molecule has 8 heteroatoms. The molecule has 1 amide bonds. The van der Waals surface area contributed by atoms with Crippen molar-refractivity contribution in [2.45, 2.75) is 12.2 Å². The van der Waals surface area contributed by atoms with Crippen molar-refractivity contribution in [2.24, 2.45) is 0 Å². The predicted octanol–water partition coefficient (Wildman–Crippen LogP) is 5.34. The minimum atomic E-state index is -4.63. The number of carbonyl (C=O) groups excluding carboxylic acids is 2. The van der Waals surface area contributed by atoms with E-state index in [1.165, 1.54) is 31.4 Å². The van der Waals surface area contributed by atoms with Crippen molar-refractivity contribution in [1.29, 1.82) is 0 Å². The second-order valence-electron chi connectivity index (χ2n) is 7.36. The van der Waals surface area contributed by atoms with E-state index in [4.69, 9.17) is 4.74 Å². The molecule has 0 radical (unpaired) electrons. The third-order valence-corrected chi connectivity index (χ3v) is 5.37. The largest absolute Gasteiger partial charge is 0.507 e. The minimum absolute atomic E-state index is 0.102. The molecule has 1 fully saturated rings. The Labute approximate surface area is 187 Å². The van der Waals surface area contributed by atoms with Gasteiger partial charge in [0.1, 0.15) is 11.5 Å². The van der Waals surface area contributed by atoms with E-state index in [1.807, 2.05) is 0 Å². The van der Waals surface area contributed by atoms with Crippen LogP contribution in [0.4, 0.5) is 18.9 Å². The fraction of sp³-hybridized carbons (Fsp3) is 0.120. The van der Waals surface area contributed by atoms with Crippen LogP contribution in [0.5, 0.6) is 5.75 Å². The van der Waals surface area contributed by atoms with Crippen LogP contribution in [0.3, 0.4) is 0 Å². The Morgan fingerprint density at radius 2 is 1.61 bits per heavy atom. The number of hydrogen-bond acceptors (Lipinski definition) is 4. The summed E-state index contributed by atoms with van der Waals surface area (Å²) in [5.41, 5.74) is -0.546.